The molecule has 0 spiro atoms. The maximum Gasteiger partial charge on any atom is 0.127 e. The molecule has 2 rings (SSSR count). The van der Waals surface area contributed by atoms with Gasteiger partial charge in [-0.1, -0.05) is 24.3 Å². The fourth-order valence-electron chi connectivity index (χ4n) is 2.26. The SMILES string of the molecule is CC(c1ccccc1F)N(C)Cc1cccnc1CN. The summed E-state index contributed by atoms with van der Waals surface area (Å²) in [6.45, 7) is 3.10. The quantitative estimate of drug-likeness (QED) is 0.911. The second kappa shape index (κ2) is 6.59. The Hall–Kier alpha value is -1.78. The summed E-state index contributed by atoms with van der Waals surface area (Å²) in [5.41, 5.74) is 8.37. The van der Waals surface area contributed by atoms with Crippen LogP contribution in [0.3, 0.4) is 0 Å². The number of pyridine rings is 1. The third-order valence-corrected chi connectivity index (χ3v) is 3.61. The number of aromatic nitrogens is 1. The summed E-state index contributed by atoms with van der Waals surface area (Å²) in [4.78, 5) is 6.37. The standard InChI is InChI=1S/C16H20FN3/c1-12(14-7-3-4-8-15(14)17)20(2)11-13-6-5-9-19-16(13)10-18/h3-9,12H,10-11,18H2,1-2H3. The average molecular weight is 273 g/mol. The van der Waals surface area contributed by atoms with Crippen molar-refractivity contribution in [2.75, 3.05) is 7.05 Å². The zero-order chi connectivity index (χ0) is 14.5. The third-order valence-electron chi connectivity index (χ3n) is 3.61. The van der Waals surface area contributed by atoms with Crippen LogP contribution in [0.15, 0.2) is 42.6 Å². The molecule has 0 bridgehead atoms. The molecular formula is C16H20FN3. The molecular weight excluding hydrogens is 253 g/mol. The van der Waals surface area contributed by atoms with Crippen LogP contribution < -0.4 is 5.73 Å². The van der Waals surface area contributed by atoms with E-state index < -0.39 is 0 Å². The van der Waals surface area contributed by atoms with Crippen LogP contribution in [0.1, 0.15) is 29.8 Å². The summed E-state index contributed by atoms with van der Waals surface area (Å²) in [7, 11) is 1.98. The summed E-state index contributed by atoms with van der Waals surface area (Å²) in [6.07, 6.45) is 1.74. The molecule has 0 radical (unpaired) electrons. The fraction of sp³-hybridized carbons (Fsp3) is 0.312. The van der Waals surface area contributed by atoms with E-state index in [1.165, 1.54) is 6.07 Å². The van der Waals surface area contributed by atoms with Crippen molar-refractivity contribution >= 4 is 0 Å². The number of benzene rings is 1. The molecule has 2 aromatic rings. The second-order valence-corrected chi connectivity index (χ2v) is 4.93. The van der Waals surface area contributed by atoms with E-state index in [0.717, 1.165) is 11.3 Å². The highest BCUT2D eigenvalue weighted by molar-refractivity contribution is 5.23. The summed E-state index contributed by atoms with van der Waals surface area (Å²) in [5, 5.41) is 0. The highest BCUT2D eigenvalue weighted by atomic mass is 19.1. The van der Waals surface area contributed by atoms with Gasteiger partial charge in [0.05, 0.1) is 5.69 Å². The van der Waals surface area contributed by atoms with Crippen LogP contribution in [0.2, 0.25) is 0 Å². The fourth-order valence-corrected chi connectivity index (χ4v) is 2.26. The van der Waals surface area contributed by atoms with Crippen molar-refractivity contribution in [3.63, 3.8) is 0 Å². The highest BCUT2D eigenvalue weighted by Crippen LogP contribution is 2.23. The van der Waals surface area contributed by atoms with Crippen LogP contribution in [0.5, 0.6) is 0 Å². The molecule has 3 nitrogen and oxygen atoms in total. The Morgan fingerprint density at radius 3 is 2.70 bits per heavy atom. The number of hydrogen-bond acceptors (Lipinski definition) is 3. The predicted octanol–water partition coefficient (Wildman–Crippen LogP) is 2.87. The summed E-state index contributed by atoms with van der Waals surface area (Å²) >= 11 is 0. The van der Waals surface area contributed by atoms with Crippen molar-refractivity contribution in [2.45, 2.75) is 26.1 Å². The van der Waals surface area contributed by atoms with Gasteiger partial charge < -0.3 is 5.73 Å². The minimum atomic E-state index is -0.169. The first-order chi connectivity index (χ1) is 9.63. The lowest BCUT2D eigenvalue weighted by molar-refractivity contribution is 0.247. The molecule has 1 aromatic carbocycles. The average Bonchev–Trinajstić information content (AvgIpc) is 2.47. The Morgan fingerprint density at radius 2 is 2.00 bits per heavy atom. The molecule has 2 N–H and O–H groups in total. The molecule has 1 atom stereocenters. The van der Waals surface area contributed by atoms with E-state index in [0.29, 0.717) is 18.7 Å². The first-order valence-electron chi connectivity index (χ1n) is 6.71. The van der Waals surface area contributed by atoms with E-state index in [1.807, 2.05) is 38.2 Å². The molecule has 0 aliphatic heterocycles. The predicted molar refractivity (Wildman–Crippen MR) is 78.4 cm³/mol. The van der Waals surface area contributed by atoms with Crippen LogP contribution in [-0.2, 0) is 13.1 Å². The lowest BCUT2D eigenvalue weighted by Gasteiger charge is -2.26. The van der Waals surface area contributed by atoms with Gasteiger partial charge in [-0.05, 0) is 31.7 Å². The van der Waals surface area contributed by atoms with Gasteiger partial charge in [-0.25, -0.2) is 4.39 Å². The minimum absolute atomic E-state index is 0.0120. The van der Waals surface area contributed by atoms with Crippen LogP contribution in [-0.4, -0.2) is 16.9 Å². The van der Waals surface area contributed by atoms with E-state index in [1.54, 1.807) is 12.3 Å². The lowest BCUT2D eigenvalue weighted by atomic mass is 10.1. The van der Waals surface area contributed by atoms with Gasteiger partial charge in [0, 0.05) is 30.9 Å². The number of halogens is 1. The molecule has 20 heavy (non-hydrogen) atoms. The van der Waals surface area contributed by atoms with Crippen molar-refractivity contribution in [2.24, 2.45) is 5.73 Å². The normalized spacial score (nSPS) is 12.7. The van der Waals surface area contributed by atoms with E-state index in [4.69, 9.17) is 5.73 Å². The number of nitrogens with zero attached hydrogens (tertiary/aromatic N) is 2. The van der Waals surface area contributed by atoms with Crippen LogP contribution in [0, 0.1) is 5.82 Å². The van der Waals surface area contributed by atoms with E-state index >= 15 is 0 Å². The van der Waals surface area contributed by atoms with Gasteiger partial charge in [0.15, 0.2) is 0 Å². The zero-order valence-corrected chi connectivity index (χ0v) is 11.9. The lowest BCUT2D eigenvalue weighted by Crippen LogP contribution is -2.24. The molecule has 0 aliphatic rings. The summed E-state index contributed by atoms with van der Waals surface area (Å²) < 4.78 is 13.8. The molecule has 0 aliphatic carbocycles. The van der Waals surface area contributed by atoms with Crippen molar-refractivity contribution in [1.29, 1.82) is 0 Å². The zero-order valence-electron chi connectivity index (χ0n) is 11.9. The van der Waals surface area contributed by atoms with Crippen LogP contribution in [0.25, 0.3) is 0 Å². The van der Waals surface area contributed by atoms with Crippen molar-refractivity contribution in [1.82, 2.24) is 9.88 Å². The molecule has 4 heteroatoms. The topological polar surface area (TPSA) is 42.2 Å². The Labute approximate surface area is 119 Å². The maximum absolute atomic E-state index is 13.8. The van der Waals surface area contributed by atoms with Gasteiger partial charge in [-0.2, -0.15) is 0 Å². The molecule has 0 fully saturated rings. The van der Waals surface area contributed by atoms with Crippen molar-refractivity contribution in [3.8, 4) is 0 Å². The van der Waals surface area contributed by atoms with E-state index in [2.05, 4.69) is 9.88 Å². The van der Waals surface area contributed by atoms with Crippen LogP contribution >= 0.6 is 0 Å². The molecule has 1 heterocycles. The van der Waals surface area contributed by atoms with Gasteiger partial charge in [-0.3, -0.25) is 9.88 Å². The molecule has 0 amide bonds. The summed E-state index contributed by atoms with van der Waals surface area (Å²) in [5.74, 6) is -0.169. The van der Waals surface area contributed by atoms with Crippen molar-refractivity contribution in [3.05, 3.63) is 65.2 Å². The Bertz CT molecular complexity index is 571. The smallest absolute Gasteiger partial charge is 0.127 e. The molecule has 0 saturated carbocycles. The van der Waals surface area contributed by atoms with Gasteiger partial charge in [-0.15, -0.1) is 0 Å². The maximum atomic E-state index is 13.8. The van der Waals surface area contributed by atoms with E-state index in [9.17, 15) is 4.39 Å². The molecule has 1 aromatic heterocycles. The van der Waals surface area contributed by atoms with E-state index in [-0.39, 0.29) is 11.9 Å². The Morgan fingerprint density at radius 1 is 1.25 bits per heavy atom. The van der Waals surface area contributed by atoms with Crippen molar-refractivity contribution < 1.29 is 4.39 Å². The molecule has 1 unspecified atom stereocenters. The van der Waals surface area contributed by atoms with Gasteiger partial charge in [0.1, 0.15) is 5.82 Å². The Balaban J connectivity index is 2.16. The third kappa shape index (κ3) is 3.21. The Kier molecular flexibility index (Phi) is 4.82. The molecule has 106 valence electrons. The summed E-state index contributed by atoms with van der Waals surface area (Å²) in [6, 6.07) is 10.8. The minimum Gasteiger partial charge on any atom is -0.325 e. The van der Waals surface area contributed by atoms with Crippen LogP contribution in [0.4, 0.5) is 4.39 Å². The highest BCUT2D eigenvalue weighted by Gasteiger charge is 2.16. The first-order valence-corrected chi connectivity index (χ1v) is 6.71. The number of rotatable bonds is 5. The molecule has 0 saturated heterocycles. The number of nitrogens with two attached hydrogens (primary N) is 1. The number of hydrogen-bond donors (Lipinski definition) is 1. The second-order valence-electron chi connectivity index (χ2n) is 4.93. The van der Waals surface area contributed by atoms with Gasteiger partial charge >= 0.3 is 0 Å². The monoisotopic (exact) mass is 273 g/mol. The first kappa shape index (κ1) is 14.6. The van der Waals surface area contributed by atoms with Gasteiger partial charge in [0.2, 0.25) is 0 Å². The van der Waals surface area contributed by atoms with Gasteiger partial charge in [0.25, 0.3) is 0 Å². The largest absolute Gasteiger partial charge is 0.325 e.